The van der Waals surface area contributed by atoms with Crippen LogP contribution in [0.5, 0.6) is 0 Å². The number of aromatic nitrogens is 2. The van der Waals surface area contributed by atoms with Gasteiger partial charge in [0.05, 0.1) is 0 Å². The normalized spacial score (nSPS) is 10.8. The lowest BCUT2D eigenvalue weighted by atomic mass is 10.2. The van der Waals surface area contributed by atoms with Crippen LogP contribution in [0, 0.1) is 0 Å². The Labute approximate surface area is 97.7 Å². The fraction of sp³-hybridized carbons (Fsp3) is 0. The van der Waals surface area contributed by atoms with Crippen molar-refractivity contribution in [3.63, 3.8) is 0 Å². The first-order valence-corrected chi connectivity index (χ1v) is 5.90. The molecular weight excluding hydrogens is 216 g/mol. The summed E-state index contributed by atoms with van der Waals surface area (Å²) in [6.45, 7) is 0. The predicted molar refractivity (Wildman–Crippen MR) is 66.7 cm³/mol. The minimum absolute atomic E-state index is 1.02. The van der Waals surface area contributed by atoms with E-state index < -0.39 is 0 Å². The van der Waals surface area contributed by atoms with Gasteiger partial charge in [-0.25, -0.2) is 4.98 Å². The standard InChI is InChI=1S/C13H10N2S/c1-2-8-15-13(6-1)16-12-5-3-4-11-10(12)7-9-14-11/h1-9,14H. The Kier molecular flexibility index (Phi) is 2.38. The van der Waals surface area contributed by atoms with Crippen molar-refractivity contribution in [2.75, 3.05) is 0 Å². The van der Waals surface area contributed by atoms with E-state index in [1.807, 2.05) is 30.6 Å². The molecule has 0 radical (unpaired) electrons. The summed E-state index contributed by atoms with van der Waals surface area (Å²) in [5.41, 5.74) is 1.17. The lowest BCUT2D eigenvalue weighted by Crippen LogP contribution is -1.78. The summed E-state index contributed by atoms with van der Waals surface area (Å²) in [6.07, 6.45) is 3.78. The Morgan fingerprint density at radius 2 is 2.00 bits per heavy atom. The Balaban J connectivity index is 2.04. The summed E-state index contributed by atoms with van der Waals surface area (Å²) >= 11 is 1.69. The van der Waals surface area contributed by atoms with Crippen molar-refractivity contribution in [1.29, 1.82) is 0 Å². The van der Waals surface area contributed by atoms with E-state index in [-0.39, 0.29) is 0 Å². The highest BCUT2D eigenvalue weighted by Crippen LogP contribution is 2.31. The SMILES string of the molecule is c1ccc(Sc2cccc3[nH]ccc23)nc1. The third kappa shape index (κ3) is 1.70. The molecule has 3 rings (SSSR count). The minimum Gasteiger partial charge on any atom is -0.361 e. The molecule has 1 aromatic carbocycles. The first kappa shape index (κ1) is 9.48. The molecule has 0 aliphatic heterocycles. The van der Waals surface area contributed by atoms with Gasteiger partial charge in [0.15, 0.2) is 0 Å². The van der Waals surface area contributed by atoms with Gasteiger partial charge in [-0.15, -0.1) is 0 Å². The molecule has 2 heterocycles. The summed E-state index contributed by atoms with van der Waals surface area (Å²) in [4.78, 5) is 8.76. The van der Waals surface area contributed by atoms with Crippen molar-refractivity contribution in [2.24, 2.45) is 0 Å². The number of hydrogen-bond donors (Lipinski definition) is 1. The summed E-state index contributed by atoms with van der Waals surface area (Å²) in [7, 11) is 0. The molecule has 0 bridgehead atoms. The lowest BCUT2D eigenvalue weighted by molar-refractivity contribution is 1.13. The summed E-state index contributed by atoms with van der Waals surface area (Å²) < 4.78 is 0. The van der Waals surface area contributed by atoms with E-state index in [4.69, 9.17) is 0 Å². The predicted octanol–water partition coefficient (Wildman–Crippen LogP) is 3.71. The molecule has 0 amide bonds. The van der Waals surface area contributed by atoms with Crippen LogP contribution >= 0.6 is 11.8 Å². The van der Waals surface area contributed by atoms with Crippen LogP contribution < -0.4 is 0 Å². The Bertz CT molecular complexity index is 601. The molecule has 0 saturated heterocycles. The van der Waals surface area contributed by atoms with E-state index in [2.05, 4.69) is 34.2 Å². The highest BCUT2D eigenvalue weighted by Gasteiger charge is 2.03. The van der Waals surface area contributed by atoms with Crippen molar-refractivity contribution in [3.8, 4) is 0 Å². The van der Waals surface area contributed by atoms with Crippen LogP contribution in [0.2, 0.25) is 0 Å². The lowest BCUT2D eigenvalue weighted by Gasteiger charge is -2.01. The zero-order valence-corrected chi connectivity index (χ0v) is 9.37. The fourth-order valence-electron chi connectivity index (χ4n) is 1.67. The number of fused-ring (bicyclic) bond motifs is 1. The number of aromatic amines is 1. The number of pyridine rings is 1. The van der Waals surface area contributed by atoms with E-state index in [0.717, 1.165) is 5.03 Å². The third-order valence-electron chi connectivity index (χ3n) is 2.41. The van der Waals surface area contributed by atoms with Crippen LogP contribution in [0.4, 0.5) is 0 Å². The second kappa shape index (κ2) is 4.02. The summed E-state index contributed by atoms with van der Waals surface area (Å²) in [6, 6.07) is 14.3. The van der Waals surface area contributed by atoms with E-state index >= 15 is 0 Å². The van der Waals surface area contributed by atoms with Crippen molar-refractivity contribution >= 4 is 22.7 Å². The van der Waals surface area contributed by atoms with Gasteiger partial charge >= 0.3 is 0 Å². The zero-order chi connectivity index (χ0) is 10.8. The Morgan fingerprint density at radius 3 is 2.88 bits per heavy atom. The van der Waals surface area contributed by atoms with Gasteiger partial charge in [0.2, 0.25) is 0 Å². The van der Waals surface area contributed by atoms with Gasteiger partial charge in [0.1, 0.15) is 5.03 Å². The topological polar surface area (TPSA) is 28.7 Å². The zero-order valence-electron chi connectivity index (χ0n) is 8.55. The fourth-order valence-corrected chi connectivity index (χ4v) is 2.59. The largest absolute Gasteiger partial charge is 0.361 e. The van der Waals surface area contributed by atoms with E-state index in [9.17, 15) is 0 Å². The summed E-state index contributed by atoms with van der Waals surface area (Å²) in [5, 5.41) is 2.27. The molecule has 0 atom stereocenters. The maximum Gasteiger partial charge on any atom is 0.101 e. The average Bonchev–Trinajstić information content (AvgIpc) is 2.80. The number of rotatable bonds is 2. The van der Waals surface area contributed by atoms with Crippen LogP contribution in [-0.2, 0) is 0 Å². The van der Waals surface area contributed by atoms with Crippen molar-refractivity contribution in [3.05, 3.63) is 54.9 Å². The second-order valence-corrected chi connectivity index (χ2v) is 4.53. The number of nitrogens with zero attached hydrogens (tertiary/aromatic N) is 1. The first-order chi connectivity index (χ1) is 7.93. The quantitative estimate of drug-likeness (QED) is 0.721. The van der Waals surface area contributed by atoms with Gasteiger partial charge in [0.25, 0.3) is 0 Å². The van der Waals surface area contributed by atoms with Gasteiger partial charge in [-0.1, -0.05) is 23.9 Å². The van der Waals surface area contributed by atoms with Crippen molar-refractivity contribution in [2.45, 2.75) is 9.92 Å². The Hall–Kier alpha value is -1.74. The molecule has 3 heteroatoms. The molecular formula is C13H10N2S. The van der Waals surface area contributed by atoms with Gasteiger partial charge < -0.3 is 4.98 Å². The number of hydrogen-bond acceptors (Lipinski definition) is 2. The van der Waals surface area contributed by atoms with Crippen LogP contribution in [0.3, 0.4) is 0 Å². The second-order valence-electron chi connectivity index (χ2n) is 3.47. The molecule has 78 valence electrons. The maximum absolute atomic E-state index is 4.32. The molecule has 0 aliphatic rings. The van der Waals surface area contributed by atoms with Crippen LogP contribution in [0.1, 0.15) is 0 Å². The molecule has 0 spiro atoms. The van der Waals surface area contributed by atoms with Gasteiger partial charge in [-0.05, 0) is 30.3 Å². The molecule has 0 unspecified atom stereocenters. The first-order valence-electron chi connectivity index (χ1n) is 5.08. The number of benzene rings is 1. The molecule has 16 heavy (non-hydrogen) atoms. The molecule has 0 aliphatic carbocycles. The van der Waals surface area contributed by atoms with Crippen molar-refractivity contribution in [1.82, 2.24) is 9.97 Å². The maximum atomic E-state index is 4.32. The molecule has 0 fully saturated rings. The van der Waals surface area contributed by atoms with Crippen LogP contribution in [-0.4, -0.2) is 9.97 Å². The van der Waals surface area contributed by atoms with E-state index in [1.165, 1.54) is 15.8 Å². The Morgan fingerprint density at radius 1 is 1.00 bits per heavy atom. The monoisotopic (exact) mass is 226 g/mol. The highest BCUT2D eigenvalue weighted by atomic mass is 32.2. The summed E-state index contributed by atoms with van der Waals surface area (Å²) in [5.74, 6) is 0. The van der Waals surface area contributed by atoms with E-state index in [0.29, 0.717) is 0 Å². The molecule has 0 saturated carbocycles. The van der Waals surface area contributed by atoms with Gasteiger partial charge in [0, 0.05) is 28.2 Å². The average molecular weight is 226 g/mol. The third-order valence-corrected chi connectivity index (χ3v) is 3.43. The molecule has 1 N–H and O–H groups in total. The molecule has 2 aromatic heterocycles. The van der Waals surface area contributed by atoms with Gasteiger partial charge in [-0.2, -0.15) is 0 Å². The minimum atomic E-state index is 1.02. The highest BCUT2D eigenvalue weighted by molar-refractivity contribution is 7.99. The number of H-pyrrole nitrogens is 1. The van der Waals surface area contributed by atoms with E-state index in [1.54, 1.807) is 11.8 Å². The van der Waals surface area contributed by atoms with Crippen LogP contribution in [0.25, 0.3) is 10.9 Å². The van der Waals surface area contributed by atoms with Crippen molar-refractivity contribution < 1.29 is 0 Å². The smallest absolute Gasteiger partial charge is 0.101 e. The van der Waals surface area contributed by atoms with Gasteiger partial charge in [-0.3, -0.25) is 0 Å². The number of nitrogens with one attached hydrogen (secondary N) is 1. The molecule has 3 aromatic rings. The molecule has 2 nitrogen and oxygen atoms in total. The van der Waals surface area contributed by atoms with Crippen LogP contribution in [0.15, 0.2) is 64.8 Å².